The summed E-state index contributed by atoms with van der Waals surface area (Å²) >= 11 is 0. The van der Waals surface area contributed by atoms with Gasteiger partial charge in [0.25, 0.3) is 5.56 Å². The maximum Gasteiger partial charge on any atom is 0.332 e. The van der Waals surface area contributed by atoms with Gasteiger partial charge < -0.3 is 14.5 Å². The van der Waals surface area contributed by atoms with Gasteiger partial charge >= 0.3 is 11.7 Å². The SMILES string of the molecule is COC(=O)CNC(=O)Cn1c(=O)n(Cc2ccco2)c(=O)c2ccccc21. The van der Waals surface area contributed by atoms with Gasteiger partial charge in [-0.1, -0.05) is 12.1 Å². The molecule has 0 spiro atoms. The molecular weight excluding hydrogens is 354 g/mol. The first kappa shape index (κ1) is 18.2. The Kier molecular flexibility index (Phi) is 5.20. The minimum atomic E-state index is -0.650. The second kappa shape index (κ2) is 7.73. The van der Waals surface area contributed by atoms with Crippen molar-refractivity contribution in [2.45, 2.75) is 13.1 Å². The Morgan fingerprint density at radius 1 is 1.11 bits per heavy atom. The Hall–Kier alpha value is -3.62. The summed E-state index contributed by atoms with van der Waals surface area (Å²) in [5, 5.41) is 2.67. The Morgan fingerprint density at radius 2 is 1.89 bits per heavy atom. The maximum atomic E-state index is 12.9. The first-order valence-electron chi connectivity index (χ1n) is 8.09. The van der Waals surface area contributed by atoms with E-state index in [1.807, 2.05) is 0 Å². The number of nitrogens with zero attached hydrogens (tertiary/aromatic N) is 2. The number of carbonyl (C=O) groups excluding carboxylic acids is 2. The first-order valence-corrected chi connectivity index (χ1v) is 8.09. The van der Waals surface area contributed by atoms with Crippen molar-refractivity contribution in [1.82, 2.24) is 14.5 Å². The van der Waals surface area contributed by atoms with Crippen molar-refractivity contribution in [3.63, 3.8) is 0 Å². The van der Waals surface area contributed by atoms with Crippen LogP contribution in [-0.4, -0.2) is 34.7 Å². The van der Waals surface area contributed by atoms with Crippen LogP contribution in [0, 0.1) is 0 Å². The highest BCUT2D eigenvalue weighted by atomic mass is 16.5. The second-order valence-corrected chi connectivity index (χ2v) is 5.71. The minimum Gasteiger partial charge on any atom is -0.468 e. The molecular formula is C18H17N3O6. The zero-order valence-corrected chi connectivity index (χ0v) is 14.5. The highest BCUT2D eigenvalue weighted by Gasteiger charge is 2.16. The molecule has 0 unspecified atom stereocenters. The second-order valence-electron chi connectivity index (χ2n) is 5.71. The van der Waals surface area contributed by atoms with Crippen LogP contribution < -0.4 is 16.6 Å². The molecule has 0 radical (unpaired) electrons. The molecule has 1 amide bonds. The molecule has 9 nitrogen and oxygen atoms in total. The van der Waals surface area contributed by atoms with Crippen molar-refractivity contribution in [1.29, 1.82) is 0 Å². The molecule has 2 heterocycles. The zero-order valence-electron chi connectivity index (χ0n) is 14.5. The lowest BCUT2D eigenvalue weighted by atomic mass is 10.2. The molecule has 3 aromatic rings. The van der Waals surface area contributed by atoms with Gasteiger partial charge in [0.15, 0.2) is 0 Å². The molecule has 0 saturated carbocycles. The van der Waals surface area contributed by atoms with Crippen LogP contribution >= 0.6 is 0 Å². The Balaban J connectivity index is 2.03. The van der Waals surface area contributed by atoms with Crippen LogP contribution in [0.25, 0.3) is 10.9 Å². The van der Waals surface area contributed by atoms with E-state index in [0.29, 0.717) is 16.7 Å². The smallest absolute Gasteiger partial charge is 0.332 e. The number of hydrogen-bond acceptors (Lipinski definition) is 6. The van der Waals surface area contributed by atoms with Gasteiger partial charge in [-0.2, -0.15) is 0 Å². The molecule has 1 N–H and O–H groups in total. The largest absolute Gasteiger partial charge is 0.468 e. The highest BCUT2D eigenvalue weighted by Crippen LogP contribution is 2.08. The van der Waals surface area contributed by atoms with Crippen LogP contribution in [0.15, 0.2) is 56.7 Å². The molecule has 2 aromatic heterocycles. The van der Waals surface area contributed by atoms with Crippen LogP contribution in [0.1, 0.15) is 5.76 Å². The monoisotopic (exact) mass is 371 g/mol. The number of methoxy groups -OCH3 is 1. The molecule has 9 heteroatoms. The van der Waals surface area contributed by atoms with Gasteiger partial charge in [0, 0.05) is 0 Å². The van der Waals surface area contributed by atoms with Gasteiger partial charge in [-0.05, 0) is 24.3 Å². The number of hydrogen-bond donors (Lipinski definition) is 1. The molecule has 0 aliphatic carbocycles. The Bertz CT molecular complexity index is 1090. The molecule has 0 aliphatic rings. The van der Waals surface area contributed by atoms with E-state index in [2.05, 4.69) is 10.1 Å². The standard InChI is InChI=1S/C18H17N3O6/c1-26-16(23)9-19-15(22)11-20-14-7-3-2-6-13(14)17(24)21(18(20)25)10-12-5-4-8-27-12/h2-8H,9-11H2,1H3,(H,19,22). The summed E-state index contributed by atoms with van der Waals surface area (Å²) < 4.78 is 11.9. The molecule has 27 heavy (non-hydrogen) atoms. The third-order valence-corrected chi connectivity index (χ3v) is 3.99. The van der Waals surface area contributed by atoms with Gasteiger partial charge in [0.2, 0.25) is 5.91 Å². The number of amides is 1. The molecule has 0 atom stereocenters. The molecule has 0 fully saturated rings. The zero-order chi connectivity index (χ0) is 19.4. The van der Waals surface area contributed by atoms with Crippen molar-refractivity contribution >= 4 is 22.8 Å². The van der Waals surface area contributed by atoms with E-state index in [4.69, 9.17) is 4.42 Å². The molecule has 0 aliphatic heterocycles. The lowest BCUT2D eigenvalue weighted by molar-refractivity contribution is -0.141. The van der Waals surface area contributed by atoms with Crippen molar-refractivity contribution in [3.8, 4) is 0 Å². The fourth-order valence-electron chi connectivity index (χ4n) is 2.66. The van der Waals surface area contributed by atoms with E-state index in [1.165, 1.54) is 17.9 Å². The van der Waals surface area contributed by atoms with Crippen LogP contribution in [0.4, 0.5) is 0 Å². The summed E-state index contributed by atoms with van der Waals surface area (Å²) in [5.74, 6) is -0.731. The number of carbonyl (C=O) groups is 2. The van der Waals surface area contributed by atoms with E-state index >= 15 is 0 Å². The lowest BCUT2D eigenvalue weighted by Crippen LogP contribution is -2.43. The normalized spacial score (nSPS) is 10.7. The predicted molar refractivity (Wildman–Crippen MR) is 95.3 cm³/mol. The fourth-order valence-corrected chi connectivity index (χ4v) is 2.66. The average Bonchev–Trinajstić information content (AvgIpc) is 3.19. The van der Waals surface area contributed by atoms with Gasteiger partial charge in [-0.3, -0.25) is 23.5 Å². The highest BCUT2D eigenvalue weighted by molar-refractivity contribution is 5.84. The number of esters is 1. The third-order valence-electron chi connectivity index (χ3n) is 3.99. The first-order chi connectivity index (χ1) is 13.0. The number of rotatable bonds is 6. The molecule has 0 bridgehead atoms. The summed E-state index contributed by atoms with van der Waals surface area (Å²) in [4.78, 5) is 48.9. The number of furan rings is 1. The quantitative estimate of drug-likeness (QED) is 0.615. The molecule has 140 valence electrons. The van der Waals surface area contributed by atoms with Crippen molar-refractivity contribution in [2.75, 3.05) is 13.7 Å². The van der Waals surface area contributed by atoms with Crippen LogP contribution in [-0.2, 0) is 27.4 Å². The van der Waals surface area contributed by atoms with Gasteiger partial charge in [-0.25, -0.2) is 4.79 Å². The summed E-state index contributed by atoms with van der Waals surface area (Å²) in [5.41, 5.74) is -0.794. The van der Waals surface area contributed by atoms with E-state index in [9.17, 15) is 19.2 Å². The average molecular weight is 371 g/mol. The maximum absolute atomic E-state index is 12.9. The number of para-hydroxylation sites is 1. The lowest BCUT2D eigenvalue weighted by Gasteiger charge is -2.13. The van der Waals surface area contributed by atoms with E-state index < -0.39 is 23.1 Å². The van der Waals surface area contributed by atoms with Crippen molar-refractivity contribution in [3.05, 3.63) is 69.3 Å². The summed E-state index contributed by atoms with van der Waals surface area (Å²) in [6.45, 7) is -0.720. The Labute approximate surface area is 152 Å². The fraction of sp³-hybridized carbons (Fsp3) is 0.222. The number of nitrogens with one attached hydrogen (secondary N) is 1. The summed E-state index contributed by atoms with van der Waals surface area (Å²) in [6, 6.07) is 9.81. The topological polar surface area (TPSA) is 113 Å². The number of benzene rings is 1. The number of aromatic nitrogens is 2. The summed E-state index contributed by atoms with van der Waals surface area (Å²) in [6.07, 6.45) is 1.44. The van der Waals surface area contributed by atoms with E-state index in [0.717, 1.165) is 4.57 Å². The van der Waals surface area contributed by atoms with Crippen LogP contribution in [0.2, 0.25) is 0 Å². The van der Waals surface area contributed by atoms with Gasteiger partial charge in [-0.15, -0.1) is 0 Å². The predicted octanol–water partition coefficient (Wildman–Crippen LogP) is 0.0937. The molecule has 3 rings (SSSR count). The Morgan fingerprint density at radius 3 is 2.59 bits per heavy atom. The van der Waals surface area contributed by atoms with Crippen LogP contribution in [0.3, 0.4) is 0 Å². The number of fused-ring (bicyclic) bond motifs is 1. The molecule has 1 aromatic carbocycles. The van der Waals surface area contributed by atoms with Crippen molar-refractivity contribution < 1.29 is 18.7 Å². The van der Waals surface area contributed by atoms with Gasteiger partial charge in [0.05, 0.1) is 30.8 Å². The van der Waals surface area contributed by atoms with E-state index in [-0.39, 0.29) is 19.6 Å². The number of ether oxygens (including phenoxy) is 1. The van der Waals surface area contributed by atoms with E-state index in [1.54, 1.807) is 36.4 Å². The van der Waals surface area contributed by atoms with Crippen molar-refractivity contribution in [2.24, 2.45) is 0 Å². The van der Waals surface area contributed by atoms with Crippen LogP contribution in [0.5, 0.6) is 0 Å². The summed E-state index contributed by atoms with van der Waals surface area (Å²) in [7, 11) is 1.21. The van der Waals surface area contributed by atoms with Gasteiger partial charge in [0.1, 0.15) is 18.8 Å². The minimum absolute atomic E-state index is 0.0563. The third kappa shape index (κ3) is 3.81. The molecule has 0 saturated heterocycles.